The number of nitrogens with one attached hydrogen (secondary N) is 2. The lowest BCUT2D eigenvalue weighted by Crippen LogP contribution is -2.45. The van der Waals surface area contributed by atoms with E-state index in [1.54, 1.807) is 44.2 Å². The Labute approximate surface area is 184 Å². The molecule has 1 aliphatic rings. The van der Waals surface area contributed by atoms with Gasteiger partial charge in [0.2, 0.25) is 0 Å². The second kappa shape index (κ2) is 9.38. The maximum absolute atomic E-state index is 12.8. The van der Waals surface area contributed by atoms with E-state index in [1.807, 2.05) is 0 Å². The van der Waals surface area contributed by atoms with E-state index in [9.17, 15) is 19.7 Å². The minimum Gasteiger partial charge on any atom is -0.493 e. The van der Waals surface area contributed by atoms with Crippen molar-refractivity contribution in [3.05, 3.63) is 69.3 Å². The maximum Gasteiger partial charge on any atom is 0.338 e. The van der Waals surface area contributed by atoms with E-state index >= 15 is 0 Å². The molecule has 0 saturated carbocycles. The third-order valence-corrected chi connectivity index (χ3v) is 4.72. The number of carbonyl (C=O) groups excluding carboxylic acids is 2. The lowest BCUT2D eigenvalue weighted by atomic mass is 9.91. The van der Waals surface area contributed by atoms with Crippen LogP contribution in [0.2, 0.25) is 0 Å². The number of hydrogen-bond acceptors (Lipinski definition) is 7. The Morgan fingerprint density at radius 2 is 1.81 bits per heavy atom. The molecule has 0 aliphatic carbocycles. The lowest BCUT2D eigenvalue weighted by Gasteiger charge is -2.29. The molecule has 10 heteroatoms. The fourth-order valence-corrected chi connectivity index (χ4v) is 3.42. The van der Waals surface area contributed by atoms with E-state index in [0.29, 0.717) is 5.56 Å². The first-order chi connectivity index (χ1) is 15.3. The maximum atomic E-state index is 12.8. The molecule has 0 fully saturated rings. The van der Waals surface area contributed by atoms with Crippen LogP contribution in [0.4, 0.5) is 10.5 Å². The molecule has 2 aromatic carbocycles. The molecule has 0 radical (unpaired) electrons. The molecule has 0 spiro atoms. The monoisotopic (exact) mass is 441 g/mol. The van der Waals surface area contributed by atoms with E-state index in [2.05, 4.69) is 10.6 Å². The quantitative estimate of drug-likeness (QED) is 0.383. The van der Waals surface area contributed by atoms with Crippen LogP contribution in [0.5, 0.6) is 11.5 Å². The first-order valence-electron chi connectivity index (χ1n) is 9.75. The number of nitrogens with zero attached hydrogens (tertiary/aromatic N) is 1. The number of hydrogen-bond donors (Lipinski definition) is 2. The summed E-state index contributed by atoms with van der Waals surface area (Å²) < 4.78 is 16.0. The van der Waals surface area contributed by atoms with Gasteiger partial charge in [-0.1, -0.05) is 30.3 Å². The van der Waals surface area contributed by atoms with Crippen LogP contribution in [0.3, 0.4) is 0 Å². The van der Waals surface area contributed by atoms with E-state index in [0.717, 1.165) is 0 Å². The van der Waals surface area contributed by atoms with Crippen molar-refractivity contribution in [1.29, 1.82) is 0 Å². The highest BCUT2D eigenvalue weighted by atomic mass is 16.6. The number of methoxy groups -OCH3 is 2. The molecule has 1 atom stereocenters. The molecule has 1 aliphatic heterocycles. The molecule has 2 N–H and O–H groups in total. The second-order valence-corrected chi connectivity index (χ2v) is 7.16. The largest absolute Gasteiger partial charge is 0.493 e. The van der Waals surface area contributed by atoms with Gasteiger partial charge in [0.15, 0.2) is 11.5 Å². The molecule has 2 amide bonds. The molecule has 0 saturated heterocycles. The van der Waals surface area contributed by atoms with Crippen molar-refractivity contribution in [2.24, 2.45) is 0 Å². The zero-order valence-corrected chi connectivity index (χ0v) is 18.0. The van der Waals surface area contributed by atoms with Crippen molar-refractivity contribution in [3.8, 4) is 11.5 Å². The first-order valence-corrected chi connectivity index (χ1v) is 9.75. The molecular formula is C22H23N3O7. The molecule has 1 unspecified atom stereocenters. The van der Waals surface area contributed by atoms with Crippen molar-refractivity contribution >= 4 is 23.4 Å². The van der Waals surface area contributed by atoms with Gasteiger partial charge in [0.25, 0.3) is 5.69 Å². The fraction of sp³-hybridized carbons (Fsp3) is 0.273. The highest BCUT2D eigenvalue weighted by Crippen LogP contribution is 2.42. The van der Waals surface area contributed by atoms with Crippen LogP contribution in [0.25, 0.3) is 5.70 Å². The van der Waals surface area contributed by atoms with Crippen molar-refractivity contribution in [3.63, 3.8) is 0 Å². The molecule has 1 heterocycles. The zero-order chi connectivity index (χ0) is 23.4. The number of esters is 1. The van der Waals surface area contributed by atoms with Crippen molar-refractivity contribution in [2.75, 3.05) is 14.2 Å². The van der Waals surface area contributed by atoms with Crippen LogP contribution in [0.1, 0.15) is 31.0 Å². The Kier molecular flexibility index (Phi) is 6.62. The number of nitro benzene ring substituents is 1. The van der Waals surface area contributed by atoms with Crippen molar-refractivity contribution < 1.29 is 28.7 Å². The highest BCUT2D eigenvalue weighted by Gasteiger charge is 2.38. The Morgan fingerprint density at radius 1 is 1.12 bits per heavy atom. The molecule has 3 rings (SSSR count). The molecule has 10 nitrogen and oxygen atoms in total. The summed E-state index contributed by atoms with van der Waals surface area (Å²) in [6, 6.07) is 9.48. The normalized spacial score (nSPS) is 15.7. The smallest absolute Gasteiger partial charge is 0.338 e. The van der Waals surface area contributed by atoms with Gasteiger partial charge in [0.1, 0.15) is 0 Å². The van der Waals surface area contributed by atoms with E-state index in [-0.39, 0.29) is 40.1 Å². The van der Waals surface area contributed by atoms with Gasteiger partial charge in [-0.2, -0.15) is 0 Å². The Bertz CT molecular complexity index is 1080. The number of nitro groups is 1. The van der Waals surface area contributed by atoms with Crippen molar-refractivity contribution in [1.82, 2.24) is 10.6 Å². The van der Waals surface area contributed by atoms with Crippen LogP contribution in [0, 0.1) is 10.1 Å². The number of urea groups is 1. The minimum atomic E-state index is -1.17. The summed E-state index contributed by atoms with van der Waals surface area (Å²) in [4.78, 5) is 36.6. The predicted molar refractivity (Wildman–Crippen MR) is 115 cm³/mol. The van der Waals surface area contributed by atoms with Gasteiger partial charge >= 0.3 is 12.0 Å². The van der Waals surface area contributed by atoms with Gasteiger partial charge in [-0.25, -0.2) is 9.59 Å². The van der Waals surface area contributed by atoms with Gasteiger partial charge in [-0.15, -0.1) is 0 Å². The third-order valence-electron chi connectivity index (χ3n) is 4.72. The van der Waals surface area contributed by atoms with Crippen molar-refractivity contribution in [2.45, 2.75) is 26.0 Å². The average molecular weight is 441 g/mol. The predicted octanol–water partition coefficient (Wildman–Crippen LogP) is 3.33. The van der Waals surface area contributed by atoms with Crippen LogP contribution >= 0.6 is 0 Å². The number of amides is 2. The molecule has 168 valence electrons. The summed E-state index contributed by atoms with van der Waals surface area (Å²) in [6.07, 6.45) is -0.253. The van der Waals surface area contributed by atoms with E-state index in [1.165, 1.54) is 26.4 Å². The first kappa shape index (κ1) is 22.6. The molecule has 0 bridgehead atoms. The Balaban J connectivity index is 2.31. The average Bonchev–Trinajstić information content (AvgIpc) is 2.77. The summed E-state index contributed by atoms with van der Waals surface area (Å²) in [5, 5.41) is 17.1. The SMILES string of the molecule is COC(=O)C1=C(c2ccccc2)NC(=O)NC1c1cc(OC(C)C)c(OC)cc1[N+](=O)[O-]. The van der Waals surface area contributed by atoms with Crippen LogP contribution in [-0.4, -0.2) is 37.2 Å². The number of rotatable bonds is 7. The van der Waals surface area contributed by atoms with Gasteiger partial charge in [-0.3, -0.25) is 10.1 Å². The van der Waals surface area contributed by atoms with Gasteiger partial charge < -0.3 is 24.8 Å². The van der Waals surface area contributed by atoms with Crippen LogP contribution < -0.4 is 20.1 Å². The van der Waals surface area contributed by atoms with Gasteiger partial charge in [0.05, 0.1) is 54.2 Å². The lowest BCUT2D eigenvalue weighted by molar-refractivity contribution is -0.385. The standard InChI is InChI=1S/C22H23N3O7/c1-12(2)32-17-10-14(15(25(28)29)11-16(17)30-3)20-18(21(26)31-4)19(23-22(27)24-20)13-8-6-5-7-9-13/h5-12,20H,1-4H3,(H2,23,24,27). The minimum absolute atomic E-state index is 0.0158. The Hall–Kier alpha value is -4.08. The summed E-state index contributed by atoms with van der Waals surface area (Å²) in [7, 11) is 2.56. The number of carbonyl (C=O) groups is 2. The van der Waals surface area contributed by atoms with Gasteiger partial charge in [-0.05, 0) is 25.5 Å². The molecule has 0 aromatic heterocycles. The Morgan fingerprint density at radius 3 is 2.38 bits per heavy atom. The second-order valence-electron chi connectivity index (χ2n) is 7.16. The summed E-state index contributed by atoms with van der Waals surface area (Å²) in [6.45, 7) is 3.58. The third kappa shape index (κ3) is 4.48. The topological polar surface area (TPSA) is 129 Å². The summed E-state index contributed by atoms with van der Waals surface area (Å²) >= 11 is 0. The summed E-state index contributed by atoms with van der Waals surface area (Å²) in [5.74, 6) is -0.361. The number of benzene rings is 2. The molecule has 2 aromatic rings. The summed E-state index contributed by atoms with van der Waals surface area (Å²) in [5.41, 5.74) is 0.460. The molecule has 32 heavy (non-hydrogen) atoms. The molecular weight excluding hydrogens is 418 g/mol. The highest BCUT2D eigenvalue weighted by molar-refractivity contribution is 6.04. The van der Waals surface area contributed by atoms with E-state index < -0.39 is 23.0 Å². The van der Waals surface area contributed by atoms with Crippen LogP contribution in [0.15, 0.2) is 48.0 Å². The van der Waals surface area contributed by atoms with Crippen LogP contribution in [-0.2, 0) is 9.53 Å². The van der Waals surface area contributed by atoms with E-state index in [4.69, 9.17) is 14.2 Å². The fourth-order valence-electron chi connectivity index (χ4n) is 3.42. The van der Waals surface area contributed by atoms with Gasteiger partial charge in [0, 0.05) is 0 Å². The number of ether oxygens (including phenoxy) is 3. The zero-order valence-electron chi connectivity index (χ0n) is 18.0.